The number of rotatable bonds is 4. The molecule has 1 N–H and O–H groups in total. The largest absolute Gasteiger partial charge is 0.478 e. The highest BCUT2D eigenvalue weighted by Crippen LogP contribution is 2.19. The summed E-state index contributed by atoms with van der Waals surface area (Å²) in [4.78, 5) is 13.1. The van der Waals surface area contributed by atoms with E-state index in [1.54, 1.807) is 4.68 Å². The van der Waals surface area contributed by atoms with Crippen LogP contribution in [0.15, 0.2) is 30.5 Å². The zero-order valence-electron chi connectivity index (χ0n) is 11.3. The first kappa shape index (κ1) is 13.1. The summed E-state index contributed by atoms with van der Waals surface area (Å²) >= 11 is 0. The van der Waals surface area contributed by atoms with Crippen molar-refractivity contribution < 1.29 is 9.90 Å². The van der Waals surface area contributed by atoms with Crippen LogP contribution in [0.2, 0.25) is 0 Å². The molecule has 19 heavy (non-hydrogen) atoms. The molecular weight excluding hydrogens is 242 g/mol. The van der Waals surface area contributed by atoms with Crippen LogP contribution in [-0.4, -0.2) is 35.0 Å². The van der Waals surface area contributed by atoms with Gasteiger partial charge in [0.25, 0.3) is 0 Å². The minimum atomic E-state index is -0.937. The van der Waals surface area contributed by atoms with Crippen molar-refractivity contribution in [3.05, 3.63) is 41.7 Å². The topological polar surface area (TPSA) is 58.4 Å². The van der Waals surface area contributed by atoms with Crippen LogP contribution < -0.4 is 4.90 Å². The van der Waals surface area contributed by atoms with Crippen LogP contribution in [0, 0.1) is 0 Å². The van der Waals surface area contributed by atoms with Gasteiger partial charge in [-0.05, 0) is 30.7 Å². The molecular formula is C14H17N3O2. The maximum absolute atomic E-state index is 11.1. The van der Waals surface area contributed by atoms with Gasteiger partial charge in [-0.15, -0.1) is 0 Å². The Kier molecular flexibility index (Phi) is 3.55. The van der Waals surface area contributed by atoms with E-state index in [1.807, 2.05) is 50.2 Å². The second-order valence-corrected chi connectivity index (χ2v) is 4.49. The van der Waals surface area contributed by atoms with Gasteiger partial charge in [-0.3, -0.25) is 0 Å². The molecule has 0 atom stereocenters. The lowest BCUT2D eigenvalue weighted by Gasteiger charge is -2.13. The van der Waals surface area contributed by atoms with Crippen molar-refractivity contribution in [2.24, 2.45) is 0 Å². The Hall–Kier alpha value is -2.30. The number of benzene rings is 1. The molecule has 5 heteroatoms. The smallest absolute Gasteiger partial charge is 0.339 e. The van der Waals surface area contributed by atoms with Gasteiger partial charge in [0.2, 0.25) is 0 Å². The summed E-state index contributed by atoms with van der Waals surface area (Å²) < 4.78 is 1.68. The molecule has 0 aliphatic rings. The second-order valence-electron chi connectivity index (χ2n) is 4.49. The number of aromatic nitrogens is 2. The maximum atomic E-state index is 11.1. The summed E-state index contributed by atoms with van der Waals surface area (Å²) in [5.74, 6) is -0.937. The van der Waals surface area contributed by atoms with Crippen molar-refractivity contribution in [3.63, 3.8) is 0 Å². The lowest BCUT2D eigenvalue weighted by atomic mass is 10.2. The third-order valence-corrected chi connectivity index (χ3v) is 3.04. The number of hydrogen-bond acceptors (Lipinski definition) is 3. The van der Waals surface area contributed by atoms with Gasteiger partial charge in [-0.1, -0.05) is 6.92 Å². The predicted molar refractivity (Wildman–Crippen MR) is 74.2 cm³/mol. The highest BCUT2D eigenvalue weighted by atomic mass is 16.4. The Morgan fingerprint density at radius 1 is 1.32 bits per heavy atom. The first-order valence-corrected chi connectivity index (χ1v) is 6.12. The van der Waals surface area contributed by atoms with Crippen molar-refractivity contribution in [1.29, 1.82) is 0 Å². The molecule has 0 amide bonds. The Labute approximate surface area is 112 Å². The number of carboxylic acids is 1. The van der Waals surface area contributed by atoms with E-state index in [9.17, 15) is 4.79 Å². The molecule has 1 aromatic heterocycles. The number of carbonyl (C=O) groups is 1. The van der Waals surface area contributed by atoms with E-state index in [4.69, 9.17) is 5.11 Å². The van der Waals surface area contributed by atoms with Gasteiger partial charge in [0.1, 0.15) is 5.56 Å². The number of hydrogen-bond donors (Lipinski definition) is 1. The van der Waals surface area contributed by atoms with Crippen molar-refractivity contribution >= 4 is 11.7 Å². The molecule has 0 aliphatic heterocycles. The molecule has 0 aliphatic carbocycles. The van der Waals surface area contributed by atoms with Crippen LogP contribution in [0.1, 0.15) is 23.0 Å². The molecule has 0 fully saturated rings. The summed E-state index contributed by atoms with van der Waals surface area (Å²) in [6, 6.07) is 7.84. The van der Waals surface area contributed by atoms with Gasteiger partial charge in [-0.2, -0.15) is 5.10 Å². The van der Waals surface area contributed by atoms with Crippen molar-refractivity contribution in [2.75, 3.05) is 19.0 Å². The van der Waals surface area contributed by atoms with Crippen LogP contribution in [0.4, 0.5) is 5.69 Å². The maximum Gasteiger partial charge on any atom is 0.339 e. The van der Waals surface area contributed by atoms with Gasteiger partial charge >= 0.3 is 5.97 Å². The molecule has 2 rings (SSSR count). The average Bonchev–Trinajstić information content (AvgIpc) is 2.82. The summed E-state index contributed by atoms with van der Waals surface area (Å²) in [6.07, 6.45) is 2.03. The van der Waals surface area contributed by atoms with Gasteiger partial charge in [0.05, 0.1) is 17.6 Å². The molecule has 0 saturated heterocycles. The molecule has 0 spiro atoms. The average molecular weight is 259 g/mol. The van der Waals surface area contributed by atoms with Crippen molar-refractivity contribution in [3.8, 4) is 5.69 Å². The van der Waals surface area contributed by atoms with Crippen LogP contribution in [0.3, 0.4) is 0 Å². The summed E-state index contributed by atoms with van der Waals surface area (Å²) in [5, 5.41) is 13.3. The Morgan fingerprint density at radius 2 is 1.95 bits per heavy atom. The first-order chi connectivity index (χ1) is 9.04. The Bertz CT molecular complexity index is 585. The molecule has 0 unspecified atom stereocenters. The SMILES string of the molecule is CCc1c(C(=O)O)cnn1-c1ccc(N(C)C)cc1. The van der Waals surface area contributed by atoms with Gasteiger partial charge in [0, 0.05) is 19.8 Å². The highest BCUT2D eigenvalue weighted by molar-refractivity contribution is 5.88. The summed E-state index contributed by atoms with van der Waals surface area (Å²) in [5.41, 5.74) is 2.94. The number of carboxylic acid groups (broad SMARTS) is 1. The fourth-order valence-corrected chi connectivity index (χ4v) is 2.01. The molecule has 0 radical (unpaired) electrons. The fraction of sp³-hybridized carbons (Fsp3) is 0.286. The van der Waals surface area contributed by atoms with Crippen LogP contribution >= 0.6 is 0 Å². The molecule has 1 aromatic carbocycles. The molecule has 5 nitrogen and oxygen atoms in total. The molecule has 0 saturated carbocycles. The summed E-state index contributed by atoms with van der Waals surface area (Å²) in [7, 11) is 3.95. The number of aromatic carboxylic acids is 1. The van der Waals surface area contributed by atoms with E-state index in [1.165, 1.54) is 6.20 Å². The lowest BCUT2D eigenvalue weighted by Crippen LogP contribution is -2.09. The van der Waals surface area contributed by atoms with Gasteiger partial charge < -0.3 is 10.0 Å². The number of anilines is 1. The van der Waals surface area contributed by atoms with E-state index in [0.717, 1.165) is 11.4 Å². The van der Waals surface area contributed by atoms with Crippen LogP contribution in [-0.2, 0) is 6.42 Å². The lowest BCUT2D eigenvalue weighted by molar-refractivity contribution is 0.0695. The molecule has 2 aromatic rings. The minimum absolute atomic E-state index is 0.263. The predicted octanol–water partition coefficient (Wildman–Crippen LogP) is 2.20. The van der Waals surface area contributed by atoms with E-state index in [0.29, 0.717) is 12.1 Å². The Morgan fingerprint density at radius 3 is 2.42 bits per heavy atom. The minimum Gasteiger partial charge on any atom is -0.478 e. The summed E-state index contributed by atoms with van der Waals surface area (Å²) in [6.45, 7) is 1.92. The van der Waals surface area contributed by atoms with Gasteiger partial charge in [-0.25, -0.2) is 9.48 Å². The Balaban J connectivity index is 2.44. The van der Waals surface area contributed by atoms with Crippen LogP contribution in [0.25, 0.3) is 5.69 Å². The van der Waals surface area contributed by atoms with E-state index in [2.05, 4.69) is 5.10 Å². The molecule has 100 valence electrons. The zero-order chi connectivity index (χ0) is 14.0. The molecule has 0 bridgehead atoms. The standard InChI is InChI=1S/C14H17N3O2/c1-4-13-12(14(18)19)9-15-17(13)11-7-5-10(6-8-11)16(2)3/h5-9H,4H2,1-3H3,(H,18,19). The third kappa shape index (κ3) is 2.45. The third-order valence-electron chi connectivity index (χ3n) is 3.04. The van der Waals surface area contributed by atoms with E-state index >= 15 is 0 Å². The quantitative estimate of drug-likeness (QED) is 0.914. The van der Waals surface area contributed by atoms with E-state index in [-0.39, 0.29) is 5.56 Å². The van der Waals surface area contributed by atoms with E-state index < -0.39 is 5.97 Å². The molecule has 1 heterocycles. The number of nitrogens with zero attached hydrogens (tertiary/aromatic N) is 3. The second kappa shape index (κ2) is 5.14. The fourth-order valence-electron chi connectivity index (χ4n) is 2.01. The van der Waals surface area contributed by atoms with Crippen molar-refractivity contribution in [2.45, 2.75) is 13.3 Å². The van der Waals surface area contributed by atoms with Crippen LogP contribution in [0.5, 0.6) is 0 Å². The van der Waals surface area contributed by atoms with Crippen molar-refractivity contribution in [1.82, 2.24) is 9.78 Å². The van der Waals surface area contributed by atoms with Gasteiger partial charge in [0.15, 0.2) is 0 Å². The normalized spacial score (nSPS) is 10.5. The monoisotopic (exact) mass is 259 g/mol. The first-order valence-electron chi connectivity index (χ1n) is 6.12. The highest BCUT2D eigenvalue weighted by Gasteiger charge is 2.15. The zero-order valence-corrected chi connectivity index (χ0v) is 11.3.